The first-order chi connectivity index (χ1) is 14.1. The Hall–Kier alpha value is -3.42. The van der Waals surface area contributed by atoms with Gasteiger partial charge in [0.1, 0.15) is 5.69 Å². The maximum Gasteiger partial charge on any atom is 0.336 e. The number of thiophene rings is 1. The molecule has 2 aromatic carbocycles. The van der Waals surface area contributed by atoms with E-state index in [0.717, 1.165) is 5.56 Å². The van der Waals surface area contributed by atoms with E-state index in [1.165, 1.54) is 17.4 Å². The molecule has 0 saturated carbocycles. The summed E-state index contributed by atoms with van der Waals surface area (Å²) in [4.78, 5) is 24.5. The molecule has 6 nitrogen and oxygen atoms in total. The molecule has 4 aromatic rings. The number of carbonyl (C=O) groups is 2. The summed E-state index contributed by atoms with van der Waals surface area (Å²) in [6.07, 6.45) is 0. The number of hydrogen-bond acceptors (Lipinski definition) is 5. The normalized spacial score (nSPS) is 10.7. The molecule has 29 heavy (non-hydrogen) atoms. The Labute approximate surface area is 174 Å². The molecule has 0 aliphatic rings. The monoisotopic (exact) mass is 424 g/mol. The van der Waals surface area contributed by atoms with E-state index in [-0.39, 0.29) is 22.0 Å². The molecule has 2 N–H and O–H groups in total. The van der Waals surface area contributed by atoms with Crippen LogP contribution in [0, 0.1) is 0 Å². The zero-order valence-corrected chi connectivity index (χ0v) is 16.3. The van der Waals surface area contributed by atoms with Crippen LogP contribution >= 0.6 is 22.9 Å². The van der Waals surface area contributed by atoms with Gasteiger partial charge in [0, 0.05) is 16.5 Å². The lowest BCUT2D eigenvalue weighted by Gasteiger charge is -2.09. The van der Waals surface area contributed by atoms with Gasteiger partial charge in [-0.05, 0) is 29.6 Å². The van der Waals surface area contributed by atoms with E-state index in [4.69, 9.17) is 16.1 Å². The van der Waals surface area contributed by atoms with E-state index in [9.17, 15) is 14.7 Å². The molecule has 8 heteroatoms. The lowest BCUT2D eigenvalue weighted by molar-refractivity contribution is 0.0697. The van der Waals surface area contributed by atoms with Gasteiger partial charge in [-0.15, -0.1) is 0 Å². The number of rotatable bonds is 5. The molecule has 4 rings (SSSR count). The Morgan fingerprint density at radius 3 is 2.45 bits per heavy atom. The zero-order chi connectivity index (χ0) is 20.4. The van der Waals surface area contributed by atoms with Crippen molar-refractivity contribution in [3.8, 4) is 22.4 Å². The zero-order valence-electron chi connectivity index (χ0n) is 14.8. The molecule has 0 atom stereocenters. The van der Waals surface area contributed by atoms with Gasteiger partial charge in [-0.25, -0.2) is 4.79 Å². The number of carboxylic acids is 1. The molecule has 0 spiro atoms. The fourth-order valence-corrected chi connectivity index (χ4v) is 3.79. The van der Waals surface area contributed by atoms with E-state index < -0.39 is 11.9 Å². The fourth-order valence-electron chi connectivity index (χ4n) is 2.92. The molecule has 2 heterocycles. The van der Waals surface area contributed by atoms with Crippen LogP contribution in [0.15, 0.2) is 69.9 Å². The minimum atomic E-state index is -1.10. The second-order valence-electron chi connectivity index (χ2n) is 6.03. The lowest BCUT2D eigenvalue weighted by atomic mass is 9.97. The largest absolute Gasteiger partial charge is 0.478 e. The smallest absolute Gasteiger partial charge is 0.336 e. The van der Waals surface area contributed by atoms with E-state index in [0.29, 0.717) is 16.8 Å². The van der Waals surface area contributed by atoms with Gasteiger partial charge in [-0.1, -0.05) is 47.1 Å². The quantitative estimate of drug-likeness (QED) is 0.430. The Morgan fingerprint density at radius 1 is 1.03 bits per heavy atom. The summed E-state index contributed by atoms with van der Waals surface area (Å²) in [5.74, 6) is -1.54. The maximum absolute atomic E-state index is 12.7. The number of anilines is 1. The van der Waals surface area contributed by atoms with Crippen LogP contribution in [0.5, 0.6) is 0 Å². The van der Waals surface area contributed by atoms with Crippen LogP contribution in [0.3, 0.4) is 0 Å². The average Bonchev–Trinajstić information content (AvgIpc) is 3.38. The Morgan fingerprint density at radius 2 is 1.76 bits per heavy atom. The van der Waals surface area contributed by atoms with Crippen molar-refractivity contribution < 1.29 is 19.2 Å². The topological polar surface area (TPSA) is 92.4 Å². The van der Waals surface area contributed by atoms with E-state index >= 15 is 0 Å². The van der Waals surface area contributed by atoms with Gasteiger partial charge >= 0.3 is 5.97 Å². The number of aromatic carboxylic acids is 1. The molecule has 0 aliphatic carbocycles. The van der Waals surface area contributed by atoms with E-state index in [1.807, 2.05) is 16.8 Å². The highest BCUT2D eigenvalue weighted by molar-refractivity contribution is 7.08. The molecule has 2 aromatic heterocycles. The Kier molecular flexibility index (Phi) is 5.16. The number of nitrogens with zero attached hydrogens (tertiary/aromatic N) is 1. The Bertz CT molecular complexity index is 1200. The molecule has 144 valence electrons. The molecule has 1 amide bonds. The van der Waals surface area contributed by atoms with Crippen molar-refractivity contribution in [2.24, 2.45) is 0 Å². The second kappa shape index (κ2) is 7.90. The second-order valence-corrected chi connectivity index (χ2v) is 7.22. The number of carboxylic acid groups (broad SMARTS) is 1. The number of aromatic nitrogens is 1. The fraction of sp³-hybridized carbons (Fsp3) is 0. The van der Waals surface area contributed by atoms with Crippen molar-refractivity contribution in [2.45, 2.75) is 0 Å². The lowest BCUT2D eigenvalue weighted by Crippen LogP contribution is -2.12. The van der Waals surface area contributed by atoms with Crippen molar-refractivity contribution in [3.63, 3.8) is 0 Å². The van der Waals surface area contributed by atoms with E-state index in [2.05, 4.69) is 10.5 Å². The van der Waals surface area contributed by atoms with Crippen molar-refractivity contribution >= 4 is 40.7 Å². The van der Waals surface area contributed by atoms with Crippen molar-refractivity contribution in [1.29, 1.82) is 0 Å². The summed E-state index contributed by atoms with van der Waals surface area (Å²) in [5.41, 5.74) is 2.31. The number of amides is 1. The standard InChI is InChI=1S/C21H13ClN2O4S/c22-16-8-4-3-7-15(16)19(25)23-20-17(13-5-1-2-6-14(13)21(26)27)18(24-28-20)12-9-10-29-11-12/h1-11H,(H,23,25)(H,26,27). The molecule has 0 unspecified atom stereocenters. The van der Waals surface area contributed by atoms with Gasteiger partial charge in [-0.3, -0.25) is 10.1 Å². The molecule has 0 aliphatic heterocycles. The molecule has 0 fully saturated rings. The number of halogens is 1. The summed E-state index contributed by atoms with van der Waals surface area (Å²) >= 11 is 7.58. The van der Waals surface area contributed by atoms with Gasteiger partial charge in [0.05, 0.1) is 21.7 Å². The highest BCUT2D eigenvalue weighted by Crippen LogP contribution is 2.40. The SMILES string of the molecule is O=C(Nc1onc(-c2ccsc2)c1-c1ccccc1C(=O)O)c1ccccc1Cl. The molecular weight excluding hydrogens is 412 g/mol. The summed E-state index contributed by atoms with van der Waals surface area (Å²) < 4.78 is 5.43. The van der Waals surface area contributed by atoms with Crippen molar-refractivity contribution in [3.05, 3.63) is 81.5 Å². The van der Waals surface area contributed by atoms with Gasteiger partial charge in [0.15, 0.2) is 0 Å². The van der Waals surface area contributed by atoms with Gasteiger partial charge in [0.2, 0.25) is 5.88 Å². The molecule has 0 radical (unpaired) electrons. The molecule has 0 saturated heterocycles. The van der Waals surface area contributed by atoms with Crippen LogP contribution < -0.4 is 5.32 Å². The third kappa shape index (κ3) is 3.65. The minimum Gasteiger partial charge on any atom is -0.478 e. The number of carbonyl (C=O) groups excluding carboxylic acids is 1. The summed E-state index contributed by atoms with van der Waals surface area (Å²) in [6.45, 7) is 0. The van der Waals surface area contributed by atoms with Gasteiger partial charge in [-0.2, -0.15) is 11.3 Å². The van der Waals surface area contributed by atoms with Crippen LogP contribution in [-0.2, 0) is 0 Å². The van der Waals surface area contributed by atoms with Gasteiger partial charge < -0.3 is 9.63 Å². The highest BCUT2D eigenvalue weighted by Gasteiger charge is 2.25. The molecular formula is C21H13ClN2O4S. The number of benzene rings is 2. The van der Waals surface area contributed by atoms with Gasteiger partial charge in [0.25, 0.3) is 5.91 Å². The first-order valence-corrected chi connectivity index (χ1v) is 9.79. The number of hydrogen-bond donors (Lipinski definition) is 2. The third-order valence-electron chi connectivity index (χ3n) is 4.26. The first kappa shape index (κ1) is 18.9. The summed E-state index contributed by atoms with van der Waals surface area (Å²) in [6, 6.07) is 14.9. The predicted octanol–water partition coefficient (Wildman–Crippen LogP) is 5.67. The summed E-state index contributed by atoms with van der Waals surface area (Å²) in [7, 11) is 0. The molecule has 0 bridgehead atoms. The van der Waals surface area contributed by atoms with E-state index in [1.54, 1.807) is 42.5 Å². The van der Waals surface area contributed by atoms with Crippen LogP contribution in [0.4, 0.5) is 5.88 Å². The van der Waals surface area contributed by atoms with Crippen LogP contribution in [0.1, 0.15) is 20.7 Å². The predicted molar refractivity (Wildman–Crippen MR) is 112 cm³/mol. The number of nitrogens with one attached hydrogen (secondary N) is 1. The third-order valence-corrected chi connectivity index (χ3v) is 5.27. The average molecular weight is 425 g/mol. The summed E-state index contributed by atoms with van der Waals surface area (Å²) in [5, 5.41) is 20.4. The van der Waals surface area contributed by atoms with Crippen LogP contribution in [-0.4, -0.2) is 22.1 Å². The minimum absolute atomic E-state index is 0.0461. The van der Waals surface area contributed by atoms with Crippen LogP contribution in [0.25, 0.3) is 22.4 Å². The maximum atomic E-state index is 12.7. The first-order valence-electron chi connectivity index (χ1n) is 8.47. The van der Waals surface area contributed by atoms with Crippen molar-refractivity contribution in [1.82, 2.24) is 5.16 Å². The Balaban J connectivity index is 1.85. The van der Waals surface area contributed by atoms with Crippen molar-refractivity contribution in [2.75, 3.05) is 5.32 Å². The van der Waals surface area contributed by atoms with Crippen LogP contribution in [0.2, 0.25) is 5.02 Å². The highest BCUT2D eigenvalue weighted by atomic mass is 35.5.